The molecular weight excluding hydrogens is 382 g/mol. The fourth-order valence-electron chi connectivity index (χ4n) is 3.99. The summed E-state index contributed by atoms with van der Waals surface area (Å²) in [5.74, 6) is 1.33. The summed E-state index contributed by atoms with van der Waals surface area (Å²) in [6, 6.07) is 6.00. The number of fused-ring (bicyclic) bond motifs is 1. The summed E-state index contributed by atoms with van der Waals surface area (Å²) in [5, 5.41) is 18.5. The van der Waals surface area contributed by atoms with Crippen LogP contribution in [0.25, 0.3) is 22.2 Å². The molecule has 4 heterocycles. The van der Waals surface area contributed by atoms with Crippen molar-refractivity contribution in [3.63, 3.8) is 0 Å². The van der Waals surface area contributed by atoms with Gasteiger partial charge >= 0.3 is 0 Å². The molecule has 148 valence electrons. The van der Waals surface area contributed by atoms with E-state index in [0.29, 0.717) is 5.92 Å². The summed E-state index contributed by atoms with van der Waals surface area (Å²) in [6.45, 7) is 2.11. The molecule has 1 fully saturated rings. The standard InChI is InChI=1S/C21H23N7S/c1-3-16-15(12-28(2)27-16)14-10-18-17(22-11-14)8-9-19(23-18)24-21-26-25-20(29-21)13-6-4-5-7-13/h8-13H,3-7H2,1-2H3,(H,23,24,26). The smallest absolute Gasteiger partial charge is 0.211 e. The van der Waals surface area contributed by atoms with Gasteiger partial charge in [-0.2, -0.15) is 5.10 Å². The van der Waals surface area contributed by atoms with Crippen molar-refractivity contribution >= 4 is 33.3 Å². The molecule has 0 amide bonds. The average molecular weight is 406 g/mol. The first kappa shape index (κ1) is 18.2. The molecule has 0 radical (unpaired) electrons. The van der Waals surface area contributed by atoms with Crippen LogP contribution in [-0.2, 0) is 13.5 Å². The molecule has 1 aliphatic carbocycles. The van der Waals surface area contributed by atoms with Gasteiger partial charge in [0.1, 0.15) is 10.8 Å². The molecule has 1 aliphatic rings. The predicted octanol–water partition coefficient (Wildman–Crippen LogP) is 4.85. The monoisotopic (exact) mass is 405 g/mol. The van der Waals surface area contributed by atoms with E-state index in [1.54, 1.807) is 11.3 Å². The molecule has 0 atom stereocenters. The van der Waals surface area contributed by atoms with Gasteiger partial charge in [0.25, 0.3) is 0 Å². The number of nitrogens with zero attached hydrogens (tertiary/aromatic N) is 6. The minimum atomic E-state index is 0.576. The lowest BCUT2D eigenvalue weighted by Gasteiger charge is -2.05. The SMILES string of the molecule is CCc1nn(C)cc1-c1cnc2ccc(Nc3nnc(C4CCCC4)s3)nc2c1. The fraction of sp³-hybridized carbons (Fsp3) is 0.381. The highest BCUT2D eigenvalue weighted by Crippen LogP contribution is 2.37. The molecule has 1 saturated carbocycles. The Balaban J connectivity index is 1.43. The lowest BCUT2D eigenvalue weighted by atomic mass is 10.1. The van der Waals surface area contributed by atoms with Crippen molar-refractivity contribution in [1.29, 1.82) is 0 Å². The zero-order chi connectivity index (χ0) is 19.8. The van der Waals surface area contributed by atoms with Gasteiger partial charge in [-0.1, -0.05) is 31.1 Å². The van der Waals surface area contributed by atoms with E-state index < -0.39 is 0 Å². The molecular formula is C21H23N7S. The van der Waals surface area contributed by atoms with Crippen molar-refractivity contribution in [2.75, 3.05) is 5.32 Å². The minimum Gasteiger partial charge on any atom is -0.315 e. The molecule has 0 spiro atoms. The van der Waals surface area contributed by atoms with Crippen LogP contribution in [0.3, 0.4) is 0 Å². The van der Waals surface area contributed by atoms with Gasteiger partial charge in [0, 0.05) is 36.5 Å². The second-order valence-corrected chi connectivity index (χ2v) is 8.54. The van der Waals surface area contributed by atoms with Gasteiger partial charge in [-0.15, -0.1) is 10.2 Å². The number of aryl methyl sites for hydroxylation is 2. The number of hydrogen-bond donors (Lipinski definition) is 1. The maximum atomic E-state index is 4.76. The Morgan fingerprint density at radius 1 is 1.17 bits per heavy atom. The quantitative estimate of drug-likeness (QED) is 0.511. The Bertz CT molecular complexity index is 1160. The number of anilines is 2. The number of rotatable bonds is 5. The summed E-state index contributed by atoms with van der Waals surface area (Å²) in [5.41, 5.74) is 4.92. The maximum absolute atomic E-state index is 4.76. The van der Waals surface area contributed by atoms with Gasteiger partial charge in [-0.3, -0.25) is 9.67 Å². The van der Waals surface area contributed by atoms with Crippen molar-refractivity contribution in [2.24, 2.45) is 7.05 Å². The van der Waals surface area contributed by atoms with Gasteiger partial charge < -0.3 is 5.32 Å². The van der Waals surface area contributed by atoms with E-state index in [9.17, 15) is 0 Å². The average Bonchev–Trinajstić information content (AvgIpc) is 3.48. The molecule has 4 aromatic rings. The van der Waals surface area contributed by atoms with Crippen LogP contribution >= 0.6 is 11.3 Å². The number of pyridine rings is 2. The maximum Gasteiger partial charge on any atom is 0.211 e. The molecule has 8 heteroatoms. The van der Waals surface area contributed by atoms with E-state index >= 15 is 0 Å². The van der Waals surface area contributed by atoms with Crippen LogP contribution in [0.4, 0.5) is 10.9 Å². The summed E-state index contributed by atoms with van der Waals surface area (Å²) in [7, 11) is 1.94. The van der Waals surface area contributed by atoms with Gasteiger partial charge in [-0.05, 0) is 37.5 Å². The van der Waals surface area contributed by atoms with Crippen LogP contribution in [0.5, 0.6) is 0 Å². The van der Waals surface area contributed by atoms with E-state index in [0.717, 1.165) is 50.2 Å². The van der Waals surface area contributed by atoms with Crippen LogP contribution in [0.15, 0.2) is 30.6 Å². The zero-order valence-corrected chi connectivity index (χ0v) is 17.4. The number of hydrogen-bond acceptors (Lipinski definition) is 7. The van der Waals surface area contributed by atoms with Crippen molar-refractivity contribution in [3.8, 4) is 11.1 Å². The third-order valence-electron chi connectivity index (χ3n) is 5.47. The topological polar surface area (TPSA) is 81.4 Å². The normalized spacial score (nSPS) is 14.7. The van der Waals surface area contributed by atoms with Crippen molar-refractivity contribution in [3.05, 3.63) is 41.3 Å². The van der Waals surface area contributed by atoms with E-state index in [1.165, 1.54) is 25.7 Å². The first-order valence-electron chi connectivity index (χ1n) is 10.1. The first-order valence-corrected chi connectivity index (χ1v) is 10.9. The highest BCUT2D eigenvalue weighted by atomic mass is 32.1. The van der Waals surface area contributed by atoms with Crippen LogP contribution in [0.1, 0.15) is 49.2 Å². The first-order chi connectivity index (χ1) is 14.2. The molecule has 7 nitrogen and oxygen atoms in total. The third-order valence-corrected chi connectivity index (χ3v) is 6.47. The predicted molar refractivity (Wildman–Crippen MR) is 116 cm³/mol. The van der Waals surface area contributed by atoms with Gasteiger partial charge in [0.2, 0.25) is 5.13 Å². The fourth-order valence-corrected chi connectivity index (χ4v) is 4.91. The number of aromatic nitrogens is 6. The summed E-state index contributed by atoms with van der Waals surface area (Å²) in [6.07, 6.45) is 9.86. The van der Waals surface area contributed by atoms with Gasteiger partial charge in [-0.25, -0.2) is 4.98 Å². The molecule has 5 rings (SSSR count). The highest BCUT2D eigenvalue weighted by Gasteiger charge is 2.21. The van der Waals surface area contributed by atoms with E-state index in [1.807, 2.05) is 36.3 Å². The second kappa shape index (κ2) is 7.51. The molecule has 4 aromatic heterocycles. The summed E-state index contributed by atoms with van der Waals surface area (Å²) >= 11 is 1.64. The molecule has 0 unspecified atom stereocenters. The highest BCUT2D eigenvalue weighted by molar-refractivity contribution is 7.15. The molecule has 29 heavy (non-hydrogen) atoms. The molecule has 0 saturated heterocycles. The van der Waals surface area contributed by atoms with Gasteiger partial charge in [0.05, 0.1) is 16.7 Å². The Morgan fingerprint density at radius 3 is 2.86 bits per heavy atom. The summed E-state index contributed by atoms with van der Waals surface area (Å²) < 4.78 is 1.85. The van der Waals surface area contributed by atoms with Crippen LogP contribution < -0.4 is 5.32 Å². The molecule has 0 aliphatic heterocycles. The van der Waals surface area contributed by atoms with E-state index in [4.69, 9.17) is 4.98 Å². The molecule has 1 N–H and O–H groups in total. The molecule has 0 bridgehead atoms. The van der Waals surface area contributed by atoms with Crippen LogP contribution in [0, 0.1) is 0 Å². The summed E-state index contributed by atoms with van der Waals surface area (Å²) in [4.78, 5) is 9.36. The largest absolute Gasteiger partial charge is 0.315 e. The second-order valence-electron chi connectivity index (χ2n) is 7.53. The van der Waals surface area contributed by atoms with Gasteiger partial charge in [0.15, 0.2) is 0 Å². The van der Waals surface area contributed by atoms with Crippen LogP contribution in [0.2, 0.25) is 0 Å². The Hall–Kier alpha value is -2.87. The van der Waals surface area contributed by atoms with Crippen LogP contribution in [-0.4, -0.2) is 29.9 Å². The Kier molecular flexibility index (Phi) is 4.71. The number of nitrogens with one attached hydrogen (secondary N) is 1. The van der Waals surface area contributed by atoms with Crippen molar-refractivity contribution in [1.82, 2.24) is 29.9 Å². The van der Waals surface area contributed by atoms with E-state index in [-0.39, 0.29) is 0 Å². The van der Waals surface area contributed by atoms with E-state index in [2.05, 4.69) is 38.6 Å². The third kappa shape index (κ3) is 3.60. The van der Waals surface area contributed by atoms with Crippen molar-refractivity contribution in [2.45, 2.75) is 44.9 Å². The van der Waals surface area contributed by atoms with Crippen molar-refractivity contribution < 1.29 is 0 Å². The lowest BCUT2D eigenvalue weighted by Crippen LogP contribution is -1.94. The molecule has 0 aromatic carbocycles. The Labute approximate surface area is 173 Å². The minimum absolute atomic E-state index is 0.576. The lowest BCUT2D eigenvalue weighted by molar-refractivity contribution is 0.705. The Morgan fingerprint density at radius 2 is 2.03 bits per heavy atom. The zero-order valence-electron chi connectivity index (χ0n) is 16.6.